The van der Waals surface area contributed by atoms with Gasteiger partial charge in [-0.1, -0.05) is 68.0 Å². The molecule has 3 atom stereocenters. The van der Waals surface area contributed by atoms with Crippen molar-refractivity contribution in [3.63, 3.8) is 0 Å². The quantitative estimate of drug-likeness (QED) is 0.255. The number of carbonyl (C=O) groups excluding carboxylic acids is 2. The van der Waals surface area contributed by atoms with E-state index in [9.17, 15) is 14.7 Å². The van der Waals surface area contributed by atoms with E-state index < -0.39 is 6.10 Å². The molecule has 1 heterocycles. The third kappa shape index (κ3) is 9.39. The molecule has 0 aromatic heterocycles. The molecule has 0 aliphatic carbocycles. The minimum atomic E-state index is -0.488. The van der Waals surface area contributed by atoms with Crippen molar-refractivity contribution < 1.29 is 19.4 Å². The number of hydrogen-bond donors (Lipinski definition) is 1. The maximum atomic E-state index is 12.2. The Labute approximate surface area is 193 Å². The molecule has 1 aromatic carbocycles. The van der Waals surface area contributed by atoms with E-state index in [1.165, 1.54) is 12.7 Å². The summed E-state index contributed by atoms with van der Waals surface area (Å²) < 4.78 is 4.63. The van der Waals surface area contributed by atoms with E-state index in [4.69, 9.17) is 0 Å². The molecule has 0 saturated carbocycles. The van der Waals surface area contributed by atoms with Gasteiger partial charge in [-0.2, -0.15) is 0 Å². The Hall–Kier alpha value is -2.40. The minimum Gasteiger partial charge on any atom is -0.469 e. The number of amides is 1. The highest BCUT2D eigenvalue weighted by Gasteiger charge is 2.28. The molecule has 0 radical (unpaired) electrons. The summed E-state index contributed by atoms with van der Waals surface area (Å²) >= 11 is 0. The highest BCUT2D eigenvalue weighted by atomic mass is 16.5. The SMILES string of the molecule is COC(=O)CCCC=CCN1C(=O)CC[C@@H]1C=C[C@H](O)[C@@H](C)CCCCc1ccccc1. The smallest absolute Gasteiger partial charge is 0.305 e. The number of methoxy groups -OCH3 is 1. The minimum absolute atomic E-state index is 0.0437. The van der Waals surface area contributed by atoms with Crippen LogP contribution in [0.3, 0.4) is 0 Å². The van der Waals surface area contributed by atoms with Gasteiger partial charge in [0.2, 0.25) is 5.91 Å². The van der Waals surface area contributed by atoms with E-state index in [1.807, 2.05) is 35.3 Å². The van der Waals surface area contributed by atoms with Gasteiger partial charge in [-0.15, -0.1) is 0 Å². The van der Waals surface area contributed by atoms with Crippen molar-refractivity contribution in [2.45, 2.75) is 76.9 Å². The molecule has 1 amide bonds. The van der Waals surface area contributed by atoms with E-state index in [0.29, 0.717) is 19.4 Å². The number of nitrogens with zero attached hydrogens (tertiary/aromatic N) is 1. The fourth-order valence-corrected chi connectivity index (χ4v) is 4.01. The van der Waals surface area contributed by atoms with Crippen LogP contribution < -0.4 is 0 Å². The summed E-state index contributed by atoms with van der Waals surface area (Å²) in [6, 6.07) is 10.6. The van der Waals surface area contributed by atoms with Crippen LogP contribution in [0.15, 0.2) is 54.6 Å². The highest BCUT2D eigenvalue weighted by Crippen LogP contribution is 2.21. The van der Waals surface area contributed by atoms with Crippen LogP contribution in [0.5, 0.6) is 0 Å². The second-order valence-corrected chi connectivity index (χ2v) is 8.68. The van der Waals surface area contributed by atoms with Gasteiger partial charge in [-0.05, 0) is 50.0 Å². The molecule has 176 valence electrons. The standard InChI is InChI=1S/C27H39NO4/c1-22(12-9-10-15-23-13-6-5-7-14-23)25(29)19-17-24-18-20-26(30)28(24)21-11-4-3-8-16-27(31)32-2/h4-7,11,13-14,17,19,22,24-25,29H,3,8-10,12,15-16,18,20-21H2,1-2H3/t22-,24-,25-/m0/s1. The van der Waals surface area contributed by atoms with Crippen LogP contribution >= 0.6 is 0 Å². The van der Waals surface area contributed by atoms with Crippen LogP contribution in [0.25, 0.3) is 0 Å². The molecule has 5 nitrogen and oxygen atoms in total. The summed E-state index contributed by atoms with van der Waals surface area (Å²) in [4.78, 5) is 25.2. The van der Waals surface area contributed by atoms with Crippen molar-refractivity contribution in [3.8, 4) is 0 Å². The molecule has 2 rings (SSSR count). The van der Waals surface area contributed by atoms with Crippen LogP contribution in [0, 0.1) is 5.92 Å². The van der Waals surface area contributed by atoms with E-state index in [1.54, 1.807) is 0 Å². The van der Waals surface area contributed by atoms with Crippen LogP contribution in [0.4, 0.5) is 0 Å². The van der Waals surface area contributed by atoms with Gasteiger partial charge in [0.05, 0.1) is 19.3 Å². The first-order valence-corrected chi connectivity index (χ1v) is 11.9. The lowest BCUT2D eigenvalue weighted by Gasteiger charge is -2.22. The first-order valence-electron chi connectivity index (χ1n) is 11.9. The molecule has 1 saturated heterocycles. The van der Waals surface area contributed by atoms with E-state index in [0.717, 1.165) is 44.9 Å². The topological polar surface area (TPSA) is 66.8 Å². The van der Waals surface area contributed by atoms with Crippen molar-refractivity contribution in [2.24, 2.45) is 5.92 Å². The van der Waals surface area contributed by atoms with Gasteiger partial charge in [0.1, 0.15) is 0 Å². The van der Waals surface area contributed by atoms with Gasteiger partial charge < -0.3 is 14.7 Å². The number of carbonyl (C=O) groups is 2. The molecule has 1 aromatic rings. The molecule has 0 spiro atoms. The number of unbranched alkanes of at least 4 members (excludes halogenated alkanes) is 2. The van der Waals surface area contributed by atoms with Gasteiger partial charge in [0, 0.05) is 19.4 Å². The summed E-state index contributed by atoms with van der Waals surface area (Å²) in [5.41, 5.74) is 1.36. The number of ether oxygens (including phenoxy) is 1. The third-order valence-electron chi connectivity index (χ3n) is 6.15. The lowest BCUT2D eigenvalue weighted by atomic mass is 9.95. The number of aliphatic hydroxyl groups is 1. The normalized spacial score (nSPS) is 18.5. The molecule has 0 bridgehead atoms. The second-order valence-electron chi connectivity index (χ2n) is 8.68. The summed E-state index contributed by atoms with van der Waals surface area (Å²) in [5.74, 6) is 0.159. The van der Waals surface area contributed by atoms with Gasteiger partial charge >= 0.3 is 5.97 Å². The van der Waals surface area contributed by atoms with Crippen molar-refractivity contribution in [2.75, 3.05) is 13.7 Å². The maximum absolute atomic E-state index is 12.2. The highest BCUT2D eigenvalue weighted by molar-refractivity contribution is 5.79. The molecule has 1 aliphatic heterocycles. The molecule has 0 unspecified atom stereocenters. The number of hydrogen-bond acceptors (Lipinski definition) is 4. The van der Waals surface area contributed by atoms with Crippen molar-refractivity contribution >= 4 is 11.9 Å². The fourth-order valence-electron chi connectivity index (χ4n) is 4.01. The number of benzene rings is 1. The molecule has 32 heavy (non-hydrogen) atoms. The largest absolute Gasteiger partial charge is 0.469 e. The summed E-state index contributed by atoms with van der Waals surface area (Å²) in [6.45, 7) is 2.66. The van der Waals surface area contributed by atoms with E-state index >= 15 is 0 Å². The van der Waals surface area contributed by atoms with Crippen LogP contribution in [-0.4, -0.2) is 47.7 Å². The zero-order chi connectivity index (χ0) is 23.2. The van der Waals surface area contributed by atoms with Gasteiger partial charge in [-0.25, -0.2) is 0 Å². The average Bonchev–Trinajstić information content (AvgIpc) is 3.16. The predicted molar refractivity (Wildman–Crippen MR) is 128 cm³/mol. The Kier molecular flexibility index (Phi) is 11.8. The Morgan fingerprint density at radius 1 is 1.22 bits per heavy atom. The summed E-state index contributed by atoms with van der Waals surface area (Å²) in [6.07, 6.45) is 15.0. The van der Waals surface area contributed by atoms with Crippen molar-refractivity contribution in [1.29, 1.82) is 0 Å². The molecule has 1 aliphatic rings. The van der Waals surface area contributed by atoms with E-state index in [2.05, 4.69) is 35.9 Å². The lowest BCUT2D eigenvalue weighted by Crippen LogP contribution is -2.32. The number of rotatable bonds is 14. The van der Waals surface area contributed by atoms with Crippen molar-refractivity contribution in [3.05, 3.63) is 60.2 Å². The summed E-state index contributed by atoms with van der Waals surface area (Å²) in [7, 11) is 1.40. The molecule has 5 heteroatoms. The molecular weight excluding hydrogens is 402 g/mol. The number of allylic oxidation sites excluding steroid dienone is 1. The van der Waals surface area contributed by atoms with Gasteiger partial charge in [0.25, 0.3) is 0 Å². The fraction of sp³-hybridized carbons (Fsp3) is 0.556. The van der Waals surface area contributed by atoms with Crippen LogP contribution in [0.2, 0.25) is 0 Å². The predicted octanol–water partition coefficient (Wildman–Crippen LogP) is 4.84. The van der Waals surface area contributed by atoms with Gasteiger partial charge in [0.15, 0.2) is 0 Å². The Bertz CT molecular complexity index is 743. The Morgan fingerprint density at radius 2 is 2.00 bits per heavy atom. The molecular formula is C27H39NO4. The first-order chi connectivity index (χ1) is 15.5. The number of aliphatic hydroxyl groups excluding tert-OH is 1. The molecule has 1 N–H and O–H groups in total. The number of aryl methyl sites for hydroxylation is 1. The lowest BCUT2D eigenvalue weighted by molar-refractivity contribution is -0.140. The second kappa shape index (κ2) is 14.6. The molecule has 1 fully saturated rings. The van der Waals surface area contributed by atoms with Gasteiger partial charge in [-0.3, -0.25) is 9.59 Å². The zero-order valence-corrected chi connectivity index (χ0v) is 19.6. The van der Waals surface area contributed by atoms with Crippen LogP contribution in [-0.2, 0) is 20.7 Å². The Morgan fingerprint density at radius 3 is 2.75 bits per heavy atom. The average molecular weight is 442 g/mol. The first kappa shape index (κ1) is 25.9. The van der Waals surface area contributed by atoms with Crippen molar-refractivity contribution in [1.82, 2.24) is 4.90 Å². The number of esters is 1. The van der Waals surface area contributed by atoms with Crippen LogP contribution in [0.1, 0.15) is 63.9 Å². The maximum Gasteiger partial charge on any atom is 0.305 e. The monoisotopic (exact) mass is 441 g/mol. The number of likely N-dealkylation sites (tertiary alicyclic amines) is 1. The van der Waals surface area contributed by atoms with E-state index in [-0.39, 0.29) is 23.8 Å². The summed E-state index contributed by atoms with van der Waals surface area (Å²) in [5, 5.41) is 10.5. The zero-order valence-electron chi connectivity index (χ0n) is 19.6. The Balaban J connectivity index is 1.69. The third-order valence-corrected chi connectivity index (χ3v) is 6.15.